The molecule has 0 spiro atoms. The fraction of sp³-hybridized carbons (Fsp3) is 0. The standard InChI is InChI=1S/C48H29NO2/c1-3-11-36-31(9-1)19-20-34-29-33(24-27-37(34)36)30-21-25-35(26-22-30)49(41-14-7-17-44-46(41)39-13-5-6-16-43(39)50-44)42-15-8-18-45-47(42)40-28-23-32-10-2-4-12-38(32)48(40)51-45/h1-29H. The lowest BCUT2D eigenvalue weighted by atomic mass is 9.97. The van der Waals surface area contributed by atoms with E-state index in [2.05, 4.69) is 169 Å². The predicted molar refractivity (Wildman–Crippen MR) is 214 cm³/mol. The van der Waals surface area contributed by atoms with E-state index in [0.29, 0.717) is 0 Å². The maximum Gasteiger partial charge on any atom is 0.143 e. The highest BCUT2D eigenvalue weighted by atomic mass is 16.3. The second kappa shape index (κ2) is 10.8. The van der Waals surface area contributed by atoms with Crippen molar-refractivity contribution < 1.29 is 8.83 Å². The minimum atomic E-state index is 0.855. The number of hydrogen-bond donors (Lipinski definition) is 0. The number of fused-ring (bicyclic) bond motifs is 11. The summed E-state index contributed by atoms with van der Waals surface area (Å²) in [4.78, 5) is 2.37. The molecule has 0 N–H and O–H groups in total. The Morgan fingerprint density at radius 2 is 0.882 bits per heavy atom. The first-order valence-corrected chi connectivity index (χ1v) is 17.3. The van der Waals surface area contributed by atoms with Gasteiger partial charge in [-0.2, -0.15) is 0 Å². The van der Waals surface area contributed by atoms with Crippen molar-refractivity contribution in [3.8, 4) is 11.1 Å². The lowest BCUT2D eigenvalue weighted by molar-refractivity contribution is 0.669. The molecule has 51 heavy (non-hydrogen) atoms. The highest BCUT2D eigenvalue weighted by Gasteiger charge is 2.23. The van der Waals surface area contributed by atoms with Crippen molar-refractivity contribution in [3.63, 3.8) is 0 Å². The van der Waals surface area contributed by atoms with Crippen LogP contribution in [0.1, 0.15) is 0 Å². The molecular weight excluding hydrogens is 623 g/mol. The molecule has 0 bridgehead atoms. The smallest absolute Gasteiger partial charge is 0.143 e. The Kier molecular flexibility index (Phi) is 5.96. The van der Waals surface area contributed by atoms with Crippen LogP contribution in [0.15, 0.2) is 185 Å². The zero-order chi connectivity index (χ0) is 33.5. The maximum atomic E-state index is 6.66. The van der Waals surface area contributed by atoms with Crippen molar-refractivity contribution in [1.29, 1.82) is 0 Å². The summed E-state index contributed by atoms with van der Waals surface area (Å²) in [6.07, 6.45) is 0. The normalized spacial score (nSPS) is 11.9. The maximum absolute atomic E-state index is 6.66. The number of rotatable bonds is 4. The molecule has 0 aliphatic carbocycles. The largest absolute Gasteiger partial charge is 0.456 e. The molecule has 3 heteroatoms. The van der Waals surface area contributed by atoms with Gasteiger partial charge in [0.25, 0.3) is 0 Å². The van der Waals surface area contributed by atoms with Crippen molar-refractivity contribution in [1.82, 2.24) is 0 Å². The highest BCUT2D eigenvalue weighted by molar-refractivity contribution is 6.21. The van der Waals surface area contributed by atoms with Gasteiger partial charge in [-0.05, 0) is 92.7 Å². The van der Waals surface area contributed by atoms with Gasteiger partial charge >= 0.3 is 0 Å². The second-order valence-electron chi connectivity index (χ2n) is 13.3. The molecule has 0 radical (unpaired) electrons. The van der Waals surface area contributed by atoms with Crippen LogP contribution in [-0.4, -0.2) is 0 Å². The molecule has 0 aliphatic rings. The second-order valence-corrected chi connectivity index (χ2v) is 13.3. The molecule has 2 heterocycles. The fourth-order valence-electron chi connectivity index (χ4n) is 8.07. The van der Waals surface area contributed by atoms with Crippen LogP contribution in [-0.2, 0) is 0 Å². The van der Waals surface area contributed by atoms with Gasteiger partial charge in [0.05, 0.1) is 22.1 Å². The van der Waals surface area contributed by atoms with Crippen LogP contribution in [0.25, 0.3) is 87.3 Å². The van der Waals surface area contributed by atoms with Gasteiger partial charge in [-0.3, -0.25) is 0 Å². The average Bonchev–Trinajstić information content (AvgIpc) is 3.78. The summed E-state index contributed by atoms with van der Waals surface area (Å²) in [6.45, 7) is 0. The van der Waals surface area contributed by atoms with E-state index < -0.39 is 0 Å². The van der Waals surface area contributed by atoms with Crippen molar-refractivity contribution in [2.24, 2.45) is 0 Å². The van der Waals surface area contributed by atoms with E-state index in [1.165, 1.54) is 32.7 Å². The fourth-order valence-corrected chi connectivity index (χ4v) is 8.07. The molecule has 0 saturated carbocycles. The first-order chi connectivity index (χ1) is 25.3. The van der Waals surface area contributed by atoms with Gasteiger partial charge in [-0.25, -0.2) is 0 Å². The van der Waals surface area contributed by atoms with E-state index in [1.54, 1.807) is 0 Å². The number of hydrogen-bond acceptors (Lipinski definition) is 3. The first-order valence-electron chi connectivity index (χ1n) is 17.3. The van der Waals surface area contributed by atoms with Crippen LogP contribution >= 0.6 is 0 Å². The summed E-state index contributed by atoms with van der Waals surface area (Å²) in [5, 5.41) is 11.7. The van der Waals surface area contributed by atoms with Crippen LogP contribution < -0.4 is 4.90 Å². The minimum absolute atomic E-state index is 0.855. The van der Waals surface area contributed by atoms with Crippen LogP contribution in [0.5, 0.6) is 0 Å². The van der Waals surface area contributed by atoms with Crippen LogP contribution in [0.4, 0.5) is 17.1 Å². The van der Waals surface area contributed by atoms with E-state index in [9.17, 15) is 0 Å². The van der Waals surface area contributed by atoms with Crippen LogP contribution in [0.3, 0.4) is 0 Å². The Labute approximate surface area is 293 Å². The highest BCUT2D eigenvalue weighted by Crippen LogP contribution is 2.47. The van der Waals surface area contributed by atoms with E-state index >= 15 is 0 Å². The summed E-state index contributed by atoms with van der Waals surface area (Å²) in [6, 6.07) is 62.6. The van der Waals surface area contributed by atoms with Gasteiger partial charge in [-0.1, -0.05) is 121 Å². The number of para-hydroxylation sites is 1. The Hall–Kier alpha value is -6.84. The van der Waals surface area contributed by atoms with E-state index in [-0.39, 0.29) is 0 Å². The van der Waals surface area contributed by atoms with Gasteiger partial charge in [0.15, 0.2) is 0 Å². The van der Waals surface area contributed by atoms with Crippen molar-refractivity contribution in [2.45, 2.75) is 0 Å². The topological polar surface area (TPSA) is 29.5 Å². The molecule has 3 nitrogen and oxygen atoms in total. The van der Waals surface area contributed by atoms with Gasteiger partial charge in [0.1, 0.15) is 22.3 Å². The first kappa shape index (κ1) is 28.0. The summed E-state index contributed by atoms with van der Waals surface area (Å²) < 4.78 is 13.1. The van der Waals surface area contributed by atoms with Gasteiger partial charge < -0.3 is 13.7 Å². The Bertz CT molecular complexity index is 3150. The van der Waals surface area contributed by atoms with Crippen LogP contribution in [0.2, 0.25) is 0 Å². The molecule has 238 valence electrons. The molecular formula is C48H29NO2. The Morgan fingerprint density at radius 3 is 1.69 bits per heavy atom. The average molecular weight is 652 g/mol. The Morgan fingerprint density at radius 1 is 0.333 bits per heavy atom. The number of benzene rings is 9. The molecule has 2 aromatic heterocycles. The zero-order valence-corrected chi connectivity index (χ0v) is 27.5. The lowest BCUT2D eigenvalue weighted by Crippen LogP contribution is -2.10. The predicted octanol–water partition coefficient (Wildman–Crippen LogP) is 14.1. The van der Waals surface area contributed by atoms with Gasteiger partial charge in [0, 0.05) is 21.8 Å². The van der Waals surface area contributed by atoms with E-state index in [4.69, 9.17) is 8.83 Å². The van der Waals surface area contributed by atoms with Crippen molar-refractivity contribution in [3.05, 3.63) is 176 Å². The molecule has 11 rings (SSSR count). The molecule has 9 aromatic carbocycles. The third-order valence-corrected chi connectivity index (χ3v) is 10.4. The Balaban J connectivity index is 1.13. The van der Waals surface area contributed by atoms with Crippen LogP contribution in [0, 0.1) is 0 Å². The molecule has 0 unspecified atom stereocenters. The summed E-state index contributed by atoms with van der Waals surface area (Å²) in [5.74, 6) is 0. The van der Waals surface area contributed by atoms with Gasteiger partial charge in [-0.15, -0.1) is 0 Å². The number of nitrogens with zero attached hydrogens (tertiary/aromatic N) is 1. The minimum Gasteiger partial charge on any atom is -0.456 e. The third kappa shape index (κ3) is 4.25. The number of furan rings is 2. The summed E-state index contributed by atoms with van der Waals surface area (Å²) in [7, 11) is 0. The zero-order valence-electron chi connectivity index (χ0n) is 27.5. The summed E-state index contributed by atoms with van der Waals surface area (Å²) in [5.41, 5.74) is 8.98. The van der Waals surface area contributed by atoms with E-state index in [1.807, 2.05) is 12.1 Å². The molecule has 0 fully saturated rings. The van der Waals surface area contributed by atoms with Gasteiger partial charge in [0.2, 0.25) is 0 Å². The van der Waals surface area contributed by atoms with Crippen molar-refractivity contribution >= 4 is 93.3 Å². The third-order valence-electron chi connectivity index (χ3n) is 10.4. The molecule has 0 amide bonds. The SMILES string of the molecule is c1ccc2c(c1)ccc1cc(-c3ccc(N(c4cccc5oc6ccccc6c45)c4cccc5oc6c7ccccc7ccc6c45)cc3)ccc12. The monoisotopic (exact) mass is 651 g/mol. The lowest BCUT2D eigenvalue weighted by Gasteiger charge is -2.27. The molecule has 0 aliphatic heterocycles. The number of anilines is 3. The van der Waals surface area contributed by atoms with E-state index in [0.717, 1.165) is 71.7 Å². The van der Waals surface area contributed by atoms with Crippen molar-refractivity contribution in [2.75, 3.05) is 4.90 Å². The molecule has 11 aromatic rings. The molecule has 0 atom stereocenters. The molecule has 0 saturated heterocycles. The summed E-state index contributed by atoms with van der Waals surface area (Å²) >= 11 is 0. The quantitative estimate of drug-likeness (QED) is 0.177.